The summed E-state index contributed by atoms with van der Waals surface area (Å²) in [5.74, 6) is -0.692. The van der Waals surface area contributed by atoms with Crippen molar-refractivity contribution in [3.8, 4) is 0 Å². The number of nitrogens with one attached hydrogen (secondary N) is 1. The number of quaternary nitrogens is 2. The molecule has 3 aliphatic carbocycles. The van der Waals surface area contributed by atoms with E-state index in [0.717, 1.165) is 58.2 Å². The fraction of sp³-hybridized carbons (Fsp3) is 0.800. The Labute approximate surface area is 307 Å². The fourth-order valence-electron chi connectivity index (χ4n) is 12.3. The van der Waals surface area contributed by atoms with Gasteiger partial charge in [0.05, 0.1) is 63.2 Å². The van der Waals surface area contributed by atoms with Crippen LogP contribution in [0, 0.1) is 47.3 Å². The van der Waals surface area contributed by atoms with E-state index in [1.807, 2.05) is 20.0 Å². The first-order valence-electron chi connectivity index (χ1n) is 20.3. The van der Waals surface area contributed by atoms with Gasteiger partial charge in [-0.25, -0.2) is 4.79 Å². The summed E-state index contributed by atoms with van der Waals surface area (Å²) < 4.78 is 20.9. The van der Waals surface area contributed by atoms with Crippen LogP contribution in [0.15, 0.2) is 34.4 Å². The van der Waals surface area contributed by atoms with Crippen molar-refractivity contribution in [3.63, 3.8) is 0 Å². The second-order valence-corrected chi connectivity index (χ2v) is 17.6. The van der Waals surface area contributed by atoms with E-state index in [2.05, 4.69) is 29.0 Å². The predicted octanol–water partition coefficient (Wildman–Crippen LogP) is -0.647. The van der Waals surface area contributed by atoms with Crippen molar-refractivity contribution in [1.82, 2.24) is 5.32 Å². The average Bonchev–Trinajstić information content (AvgIpc) is 3.43. The molecular formula is C40H63N5O7+2. The standard InChI is InChI=1S/C40H61N5O7/c1-4-19(7-9-43-3)39(49)51-30-16-26-35(48)34-29(47)15-24(18-46)50-37(34)27-12-21-8-10-44-38(42)33(21)25-6-5-20-11-22-14-31(41)45-17-23(22)13-28(32(20)25)40(30,2)52-36(26)27/h4,6,21-24,26-28,30-31,33-38,43-46,48H,5,7-18,41-42H2,1-3H3/p+2/t21?,22?,23?,24?,26?,27?,28-,30+,31?,33?,34?,35?,36?,37?,38?,40+/m1/s1. The van der Waals surface area contributed by atoms with Crippen LogP contribution in [0.2, 0.25) is 0 Å². The molecule has 5 heterocycles. The summed E-state index contributed by atoms with van der Waals surface area (Å²) in [6, 6.07) is 0. The van der Waals surface area contributed by atoms with Crippen LogP contribution in [0.5, 0.6) is 0 Å². The van der Waals surface area contributed by atoms with E-state index in [0.29, 0.717) is 30.3 Å². The molecule has 52 heavy (non-hydrogen) atoms. The van der Waals surface area contributed by atoms with Gasteiger partial charge < -0.3 is 46.1 Å². The maximum atomic E-state index is 14.1. The van der Waals surface area contributed by atoms with Gasteiger partial charge in [-0.1, -0.05) is 17.7 Å². The first kappa shape index (κ1) is 36.9. The van der Waals surface area contributed by atoms with Crippen molar-refractivity contribution >= 4 is 11.8 Å². The van der Waals surface area contributed by atoms with Crippen molar-refractivity contribution in [2.24, 2.45) is 58.8 Å². The Morgan fingerprint density at radius 3 is 2.73 bits per heavy atom. The first-order valence-corrected chi connectivity index (χ1v) is 20.3. The van der Waals surface area contributed by atoms with E-state index >= 15 is 0 Å². The molecule has 13 unspecified atom stereocenters. The van der Waals surface area contributed by atoms with Gasteiger partial charge >= 0.3 is 5.97 Å². The van der Waals surface area contributed by atoms with Gasteiger partial charge in [-0.15, -0.1) is 0 Å². The molecule has 5 saturated heterocycles. The highest BCUT2D eigenvalue weighted by atomic mass is 16.6. The Hall–Kier alpha value is -2.00. The predicted molar refractivity (Wildman–Crippen MR) is 192 cm³/mol. The Kier molecular flexibility index (Phi) is 10.4. The third-order valence-corrected chi connectivity index (χ3v) is 14.9. The van der Waals surface area contributed by atoms with Gasteiger partial charge in [0.15, 0.2) is 0 Å². The highest BCUT2D eigenvalue weighted by Gasteiger charge is 2.65. The van der Waals surface area contributed by atoms with Crippen LogP contribution in [-0.2, 0) is 23.8 Å². The Balaban J connectivity index is 1.28. The minimum Gasteiger partial charge on any atom is -0.456 e. The van der Waals surface area contributed by atoms with Gasteiger partial charge in [0.1, 0.15) is 23.7 Å². The zero-order valence-electron chi connectivity index (χ0n) is 31.3. The third-order valence-electron chi connectivity index (χ3n) is 14.9. The molecule has 0 aromatic carbocycles. The second-order valence-electron chi connectivity index (χ2n) is 17.6. The average molecular weight is 726 g/mol. The minimum atomic E-state index is -1.02. The Bertz CT molecular complexity index is 1500. The summed E-state index contributed by atoms with van der Waals surface area (Å²) >= 11 is 0. The van der Waals surface area contributed by atoms with Gasteiger partial charge in [-0.05, 0) is 81.9 Å². The molecule has 5 aliphatic heterocycles. The van der Waals surface area contributed by atoms with Gasteiger partial charge in [0.25, 0.3) is 0 Å². The lowest BCUT2D eigenvalue weighted by molar-refractivity contribution is -0.706. The maximum absolute atomic E-state index is 14.1. The number of piperidine rings is 2. The van der Waals surface area contributed by atoms with Crippen LogP contribution >= 0.6 is 0 Å². The summed E-state index contributed by atoms with van der Waals surface area (Å²) in [4.78, 5) is 28.0. The highest BCUT2D eigenvalue weighted by molar-refractivity contribution is 5.88. The summed E-state index contributed by atoms with van der Waals surface area (Å²) in [5.41, 5.74) is 17.5. The topological polar surface area (TPSA) is 200 Å². The van der Waals surface area contributed by atoms with Crippen LogP contribution in [-0.4, -0.2) is 104 Å². The molecule has 0 spiro atoms. The van der Waals surface area contributed by atoms with Crippen LogP contribution in [0.25, 0.3) is 0 Å². The van der Waals surface area contributed by atoms with Gasteiger partial charge in [0.2, 0.25) is 0 Å². The molecule has 0 radical (unpaired) electrons. The zero-order chi connectivity index (χ0) is 36.5. The van der Waals surface area contributed by atoms with Crippen LogP contribution in [0.3, 0.4) is 0 Å². The van der Waals surface area contributed by atoms with Gasteiger partial charge in [0, 0.05) is 54.4 Å². The lowest BCUT2D eigenvalue weighted by Gasteiger charge is -2.61. The van der Waals surface area contributed by atoms with Crippen LogP contribution in [0.1, 0.15) is 71.6 Å². The number of ether oxygens (including phenoxy) is 3. The van der Waals surface area contributed by atoms with E-state index in [1.165, 1.54) is 16.7 Å². The molecule has 0 aromatic rings. The number of fused-ring (bicyclic) bond motifs is 7. The molecule has 8 aliphatic rings. The number of hydrogen-bond donors (Lipinski definition) is 7. The molecule has 0 aromatic heterocycles. The smallest absolute Gasteiger partial charge is 0.334 e. The molecule has 2 bridgehead atoms. The number of nitrogens with two attached hydrogens (primary N) is 4. The summed E-state index contributed by atoms with van der Waals surface area (Å²) in [6.07, 6.45) is 7.32. The number of carbonyl (C=O) groups excluding carboxylic acids is 2. The number of hydrogen-bond acceptors (Lipinski definition) is 10. The van der Waals surface area contributed by atoms with Crippen LogP contribution < -0.4 is 27.4 Å². The number of carbonyl (C=O) groups is 2. The number of ketones is 1. The number of rotatable bonds is 6. The summed E-state index contributed by atoms with van der Waals surface area (Å²) in [7, 11) is 1.99. The Morgan fingerprint density at radius 1 is 1.13 bits per heavy atom. The number of esters is 1. The number of aliphatic hydroxyl groups is 2. The quantitative estimate of drug-likeness (QED) is 0.137. The largest absolute Gasteiger partial charge is 0.456 e. The van der Waals surface area contributed by atoms with Crippen LogP contribution in [0.4, 0.5) is 0 Å². The minimum absolute atomic E-state index is 0.0535. The number of allylic oxidation sites excluding steroid dienone is 3. The molecular weight excluding hydrogens is 662 g/mol. The van der Waals surface area contributed by atoms with E-state index in [9.17, 15) is 19.8 Å². The fourth-order valence-corrected chi connectivity index (χ4v) is 12.3. The van der Waals surface area contributed by atoms with Crippen molar-refractivity contribution in [3.05, 3.63) is 34.4 Å². The lowest BCUT2D eigenvalue weighted by Crippen LogP contribution is -2.96. The summed E-state index contributed by atoms with van der Waals surface area (Å²) in [5, 5.41) is 30.4. The van der Waals surface area contributed by atoms with E-state index in [-0.39, 0.29) is 60.8 Å². The second kappa shape index (κ2) is 14.6. The molecule has 11 N–H and O–H groups in total. The first-order chi connectivity index (χ1) is 25.1. The molecule has 12 heteroatoms. The maximum Gasteiger partial charge on any atom is 0.334 e. The molecule has 0 amide bonds. The molecule has 12 nitrogen and oxygen atoms in total. The van der Waals surface area contributed by atoms with Gasteiger partial charge in [-0.3, -0.25) is 10.5 Å². The molecule has 6 fully saturated rings. The lowest BCUT2D eigenvalue weighted by atomic mass is 9.57. The van der Waals surface area contributed by atoms with E-state index in [4.69, 9.17) is 25.7 Å². The normalized spacial score (nSPS) is 47.3. The van der Waals surface area contributed by atoms with Crippen molar-refractivity contribution in [1.29, 1.82) is 0 Å². The Morgan fingerprint density at radius 2 is 1.96 bits per heavy atom. The number of Topliss-reactive ketones (excluding diaryl/α,β-unsaturated/α-hetero) is 1. The molecule has 8 rings (SSSR count). The van der Waals surface area contributed by atoms with E-state index < -0.39 is 48.0 Å². The van der Waals surface area contributed by atoms with Gasteiger partial charge in [-0.2, -0.15) is 0 Å². The number of aliphatic hydroxyl groups excluding tert-OH is 2. The van der Waals surface area contributed by atoms with Crippen molar-refractivity contribution in [2.45, 2.75) is 120 Å². The molecule has 16 atom stereocenters. The zero-order valence-corrected chi connectivity index (χ0v) is 31.3. The molecule has 1 saturated carbocycles. The van der Waals surface area contributed by atoms with Crippen molar-refractivity contribution < 1.29 is 44.6 Å². The summed E-state index contributed by atoms with van der Waals surface area (Å²) in [6.45, 7) is 6.32. The highest BCUT2D eigenvalue weighted by Crippen LogP contribution is 2.59. The van der Waals surface area contributed by atoms with E-state index in [1.54, 1.807) is 0 Å². The monoisotopic (exact) mass is 725 g/mol. The molecule has 288 valence electrons. The third kappa shape index (κ3) is 6.18. The van der Waals surface area contributed by atoms with Crippen molar-refractivity contribution in [2.75, 3.05) is 33.3 Å². The SMILES string of the molecule is CC=C(CC[NH2+]C)C(=O)O[C@H]1CC2C(O)C3C(=O)CC(CO)OC3C3CC4CCNC(N)C4C4=CCC5=C4[C@@H](CC4C[NH2+]C(N)CC4C5)[C@]1(C)OC23.